The molecular weight excluding hydrogens is 174 g/mol. The van der Waals surface area contributed by atoms with Crippen LogP contribution in [0.2, 0.25) is 0 Å². The quantitative estimate of drug-likeness (QED) is 0.770. The van der Waals surface area contributed by atoms with Crippen molar-refractivity contribution in [1.82, 2.24) is 4.98 Å². The summed E-state index contributed by atoms with van der Waals surface area (Å²) in [6.45, 7) is 2.27. The molecule has 1 heterocycles. The summed E-state index contributed by atoms with van der Waals surface area (Å²) >= 11 is 0. The molecule has 0 aromatic carbocycles. The van der Waals surface area contributed by atoms with Crippen molar-refractivity contribution >= 4 is 11.4 Å². The Kier molecular flexibility index (Phi) is 2.32. The molecule has 2 N–H and O–H groups in total. The van der Waals surface area contributed by atoms with Crippen LogP contribution in [-0.4, -0.2) is 17.6 Å². The van der Waals surface area contributed by atoms with E-state index < -0.39 is 0 Å². The van der Waals surface area contributed by atoms with E-state index in [9.17, 15) is 0 Å². The van der Waals surface area contributed by atoms with E-state index in [1.807, 2.05) is 19.4 Å². The summed E-state index contributed by atoms with van der Waals surface area (Å²) in [6, 6.07) is 2.09. The molecule has 1 saturated carbocycles. The van der Waals surface area contributed by atoms with E-state index in [-0.39, 0.29) is 0 Å². The van der Waals surface area contributed by atoms with Gasteiger partial charge >= 0.3 is 0 Å². The molecule has 3 heteroatoms. The molecule has 2 rings (SSSR count). The largest absolute Gasteiger partial charge is 0.387 e. The van der Waals surface area contributed by atoms with Crippen LogP contribution < -0.4 is 10.6 Å². The molecule has 0 aliphatic heterocycles. The van der Waals surface area contributed by atoms with Gasteiger partial charge in [0.1, 0.15) is 0 Å². The van der Waals surface area contributed by atoms with E-state index >= 15 is 0 Å². The second kappa shape index (κ2) is 3.48. The number of hydrogen-bond donors (Lipinski definition) is 2. The predicted octanol–water partition coefficient (Wildman–Crippen LogP) is 2.48. The molecule has 1 fully saturated rings. The average molecular weight is 191 g/mol. The second-order valence-electron chi connectivity index (χ2n) is 4.25. The van der Waals surface area contributed by atoms with Gasteiger partial charge in [-0.25, -0.2) is 0 Å². The zero-order valence-corrected chi connectivity index (χ0v) is 8.80. The molecule has 0 bridgehead atoms. The Labute approximate surface area is 84.9 Å². The smallest absolute Gasteiger partial charge is 0.0551 e. The maximum Gasteiger partial charge on any atom is 0.0551 e. The number of rotatable bonds is 3. The first-order valence-corrected chi connectivity index (χ1v) is 5.13. The van der Waals surface area contributed by atoms with E-state index in [1.165, 1.54) is 19.3 Å². The summed E-state index contributed by atoms with van der Waals surface area (Å²) in [5.74, 6) is 0. The maximum atomic E-state index is 4.17. The average Bonchev–Trinajstić information content (AvgIpc) is 2.16. The first kappa shape index (κ1) is 9.31. The Morgan fingerprint density at radius 3 is 2.57 bits per heavy atom. The number of anilines is 2. The van der Waals surface area contributed by atoms with E-state index in [4.69, 9.17) is 0 Å². The van der Waals surface area contributed by atoms with Gasteiger partial charge in [-0.2, -0.15) is 0 Å². The number of nitrogens with zero attached hydrogens (tertiary/aromatic N) is 1. The van der Waals surface area contributed by atoms with Crippen LogP contribution >= 0.6 is 0 Å². The third-order valence-electron chi connectivity index (χ3n) is 2.93. The SMILES string of the molecule is CNc1cncc(NC2(C)CCC2)c1. The second-order valence-corrected chi connectivity index (χ2v) is 4.25. The normalized spacial score (nSPS) is 18.4. The fourth-order valence-corrected chi connectivity index (χ4v) is 1.83. The first-order chi connectivity index (χ1) is 6.72. The lowest BCUT2D eigenvalue weighted by molar-refractivity contribution is 0.306. The summed E-state index contributed by atoms with van der Waals surface area (Å²) in [4.78, 5) is 4.17. The van der Waals surface area contributed by atoms with Gasteiger partial charge in [0.25, 0.3) is 0 Å². The van der Waals surface area contributed by atoms with Crippen LogP contribution in [-0.2, 0) is 0 Å². The Balaban J connectivity index is 2.08. The van der Waals surface area contributed by atoms with Gasteiger partial charge in [-0.1, -0.05) is 0 Å². The number of pyridine rings is 1. The standard InChI is InChI=1S/C11H17N3/c1-11(4-3-5-11)14-10-6-9(12-2)7-13-8-10/h6-8,12,14H,3-5H2,1-2H3. The minimum absolute atomic E-state index is 0.300. The molecular formula is C11H17N3. The van der Waals surface area contributed by atoms with E-state index in [2.05, 4.69) is 28.6 Å². The Bertz CT molecular complexity index is 318. The zero-order valence-electron chi connectivity index (χ0n) is 8.80. The van der Waals surface area contributed by atoms with Crippen LogP contribution in [0.3, 0.4) is 0 Å². The Hall–Kier alpha value is -1.25. The molecule has 0 unspecified atom stereocenters. The summed E-state index contributed by atoms with van der Waals surface area (Å²) in [5, 5.41) is 6.61. The highest BCUT2D eigenvalue weighted by Crippen LogP contribution is 2.34. The van der Waals surface area contributed by atoms with Crippen LogP contribution in [0.5, 0.6) is 0 Å². The minimum Gasteiger partial charge on any atom is -0.387 e. The van der Waals surface area contributed by atoms with Gasteiger partial charge in [-0.05, 0) is 32.3 Å². The van der Waals surface area contributed by atoms with E-state index in [1.54, 1.807) is 0 Å². The van der Waals surface area contributed by atoms with Crippen molar-refractivity contribution < 1.29 is 0 Å². The summed E-state index contributed by atoms with van der Waals surface area (Å²) in [6.07, 6.45) is 7.56. The van der Waals surface area contributed by atoms with Crippen LogP contribution in [0.4, 0.5) is 11.4 Å². The summed E-state index contributed by atoms with van der Waals surface area (Å²) < 4.78 is 0. The Morgan fingerprint density at radius 1 is 1.29 bits per heavy atom. The number of aromatic nitrogens is 1. The highest BCUT2D eigenvalue weighted by Gasteiger charge is 2.31. The van der Waals surface area contributed by atoms with Gasteiger partial charge in [0.15, 0.2) is 0 Å². The molecule has 1 aromatic heterocycles. The molecule has 0 saturated heterocycles. The van der Waals surface area contributed by atoms with E-state index in [0.717, 1.165) is 11.4 Å². The highest BCUT2D eigenvalue weighted by atomic mass is 15.0. The van der Waals surface area contributed by atoms with E-state index in [0.29, 0.717) is 5.54 Å². The van der Waals surface area contributed by atoms with Crippen LogP contribution in [0, 0.1) is 0 Å². The number of nitrogens with one attached hydrogen (secondary N) is 2. The fourth-order valence-electron chi connectivity index (χ4n) is 1.83. The van der Waals surface area contributed by atoms with Crippen molar-refractivity contribution in [1.29, 1.82) is 0 Å². The molecule has 0 radical (unpaired) electrons. The van der Waals surface area contributed by atoms with Crippen LogP contribution in [0.25, 0.3) is 0 Å². The first-order valence-electron chi connectivity index (χ1n) is 5.13. The third kappa shape index (κ3) is 1.81. The van der Waals surface area contributed by atoms with Crippen molar-refractivity contribution in [2.45, 2.75) is 31.7 Å². The van der Waals surface area contributed by atoms with Gasteiger partial charge in [0, 0.05) is 12.6 Å². The van der Waals surface area contributed by atoms with Crippen molar-refractivity contribution in [3.05, 3.63) is 18.5 Å². The zero-order chi connectivity index (χ0) is 10.0. The monoisotopic (exact) mass is 191 g/mol. The molecule has 1 aromatic rings. The molecule has 0 spiro atoms. The lowest BCUT2D eigenvalue weighted by Gasteiger charge is -2.40. The third-order valence-corrected chi connectivity index (χ3v) is 2.93. The summed E-state index contributed by atoms with van der Waals surface area (Å²) in [5.41, 5.74) is 2.46. The fraction of sp³-hybridized carbons (Fsp3) is 0.545. The minimum atomic E-state index is 0.300. The molecule has 76 valence electrons. The van der Waals surface area contributed by atoms with Crippen molar-refractivity contribution in [3.63, 3.8) is 0 Å². The molecule has 3 nitrogen and oxygen atoms in total. The van der Waals surface area contributed by atoms with Crippen molar-refractivity contribution in [2.24, 2.45) is 0 Å². The van der Waals surface area contributed by atoms with Crippen LogP contribution in [0.1, 0.15) is 26.2 Å². The lowest BCUT2D eigenvalue weighted by Crippen LogP contribution is -2.41. The van der Waals surface area contributed by atoms with Crippen molar-refractivity contribution in [2.75, 3.05) is 17.7 Å². The number of hydrogen-bond acceptors (Lipinski definition) is 3. The van der Waals surface area contributed by atoms with Gasteiger partial charge in [-0.15, -0.1) is 0 Å². The topological polar surface area (TPSA) is 37.0 Å². The lowest BCUT2D eigenvalue weighted by atomic mass is 9.78. The van der Waals surface area contributed by atoms with Crippen LogP contribution in [0.15, 0.2) is 18.5 Å². The highest BCUT2D eigenvalue weighted by molar-refractivity contribution is 5.54. The molecule has 1 aliphatic carbocycles. The Morgan fingerprint density at radius 2 is 2.00 bits per heavy atom. The van der Waals surface area contributed by atoms with Crippen molar-refractivity contribution in [3.8, 4) is 0 Å². The molecule has 1 aliphatic rings. The predicted molar refractivity (Wildman–Crippen MR) is 59.7 cm³/mol. The van der Waals surface area contributed by atoms with Gasteiger partial charge in [-0.3, -0.25) is 4.98 Å². The maximum absolute atomic E-state index is 4.17. The van der Waals surface area contributed by atoms with Gasteiger partial charge in [0.2, 0.25) is 0 Å². The molecule has 0 amide bonds. The van der Waals surface area contributed by atoms with Gasteiger partial charge in [0.05, 0.1) is 23.8 Å². The summed E-state index contributed by atoms with van der Waals surface area (Å²) in [7, 11) is 1.91. The van der Waals surface area contributed by atoms with Gasteiger partial charge < -0.3 is 10.6 Å². The molecule has 14 heavy (non-hydrogen) atoms. The molecule has 0 atom stereocenters.